The van der Waals surface area contributed by atoms with Crippen LogP contribution in [0.25, 0.3) is 16.2 Å². The lowest BCUT2D eigenvalue weighted by molar-refractivity contribution is -0.142. The Hall–Kier alpha value is -2.72. The third-order valence-electron chi connectivity index (χ3n) is 4.58. The number of carbonyl (C=O) groups is 1. The molecule has 0 saturated heterocycles. The van der Waals surface area contributed by atoms with E-state index in [1.54, 1.807) is 29.6 Å². The quantitative estimate of drug-likeness (QED) is 0.373. The van der Waals surface area contributed by atoms with Crippen LogP contribution in [0.1, 0.15) is 27.3 Å². The van der Waals surface area contributed by atoms with Gasteiger partial charge >= 0.3 is 6.18 Å². The van der Waals surface area contributed by atoms with Crippen molar-refractivity contribution in [2.75, 3.05) is 5.32 Å². The number of amides is 1. The van der Waals surface area contributed by atoms with Crippen LogP contribution in [0.2, 0.25) is 0 Å². The van der Waals surface area contributed by atoms with Crippen molar-refractivity contribution >= 4 is 44.5 Å². The molecule has 3 heterocycles. The molecule has 1 N–H and O–H groups in total. The molecule has 0 radical (unpaired) electrons. The average molecular weight is 495 g/mol. The van der Waals surface area contributed by atoms with Crippen molar-refractivity contribution in [3.8, 4) is 10.6 Å². The van der Waals surface area contributed by atoms with E-state index in [0.29, 0.717) is 15.1 Å². The van der Waals surface area contributed by atoms with Crippen LogP contribution in [0.5, 0.6) is 0 Å². The van der Waals surface area contributed by atoms with Crippen LogP contribution >= 0.6 is 27.3 Å². The fourth-order valence-corrected chi connectivity index (χ4v) is 4.10. The maximum atomic E-state index is 13.7. The van der Waals surface area contributed by atoms with Gasteiger partial charge in [-0.3, -0.25) is 4.79 Å². The smallest absolute Gasteiger partial charge is 0.321 e. The first-order valence-corrected chi connectivity index (χ1v) is 10.4. The number of alkyl halides is 3. The molecule has 1 aromatic carbocycles. The first kappa shape index (κ1) is 20.5. The van der Waals surface area contributed by atoms with E-state index < -0.39 is 17.8 Å². The second-order valence-electron chi connectivity index (χ2n) is 6.65. The molecule has 0 aliphatic heterocycles. The maximum Gasteiger partial charge on any atom is 0.433 e. The van der Waals surface area contributed by atoms with Gasteiger partial charge in [0.15, 0.2) is 17.0 Å². The number of fused-ring (bicyclic) bond motifs is 1. The average Bonchev–Trinajstić information content (AvgIpc) is 3.32. The van der Waals surface area contributed by atoms with Crippen LogP contribution in [-0.2, 0) is 6.18 Å². The number of benzene rings is 1. The van der Waals surface area contributed by atoms with Crippen LogP contribution in [0, 0.1) is 13.8 Å². The van der Waals surface area contributed by atoms with Crippen LogP contribution in [0.15, 0.2) is 46.3 Å². The van der Waals surface area contributed by atoms with Gasteiger partial charge in [0.25, 0.3) is 5.91 Å². The lowest BCUT2D eigenvalue weighted by atomic mass is 10.1. The number of nitrogens with zero attached hydrogens (tertiary/aromatic N) is 3. The number of hydrogen-bond donors (Lipinski definition) is 1. The van der Waals surface area contributed by atoms with Gasteiger partial charge in [-0.2, -0.15) is 18.3 Å². The minimum Gasteiger partial charge on any atom is -0.321 e. The van der Waals surface area contributed by atoms with Gasteiger partial charge in [0.05, 0.1) is 15.0 Å². The first-order valence-electron chi connectivity index (χ1n) is 8.74. The highest BCUT2D eigenvalue weighted by molar-refractivity contribution is 9.10. The number of halogens is 4. The van der Waals surface area contributed by atoms with Crippen molar-refractivity contribution in [1.82, 2.24) is 14.6 Å². The molecule has 0 aliphatic rings. The van der Waals surface area contributed by atoms with Crippen molar-refractivity contribution < 1.29 is 18.0 Å². The summed E-state index contributed by atoms with van der Waals surface area (Å²) in [6.45, 7) is 3.84. The molecule has 0 aliphatic carbocycles. The fraction of sp³-hybridized carbons (Fsp3) is 0.150. The lowest BCUT2D eigenvalue weighted by Gasteiger charge is -2.10. The number of thiophene rings is 1. The van der Waals surface area contributed by atoms with Crippen LogP contribution in [0.4, 0.5) is 18.9 Å². The molecule has 0 spiro atoms. The van der Waals surface area contributed by atoms with Gasteiger partial charge in [0.1, 0.15) is 0 Å². The SMILES string of the molecule is Cc1ccc(NC(=O)c2nn3c(C(F)(F)F)cc(-c4cccs4)nc3c2Br)cc1C. The van der Waals surface area contributed by atoms with E-state index in [1.807, 2.05) is 19.9 Å². The lowest BCUT2D eigenvalue weighted by Crippen LogP contribution is -2.16. The van der Waals surface area contributed by atoms with E-state index in [-0.39, 0.29) is 21.5 Å². The van der Waals surface area contributed by atoms with Gasteiger partial charge in [-0.25, -0.2) is 9.50 Å². The minimum atomic E-state index is -4.68. The third kappa shape index (κ3) is 3.72. The van der Waals surface area contributed by atoms with E-state index in [1.165, 1.54) is 11.3 Å². The van der Waals surface area contributed by atoms with Crippen molar-refractivity contribution in [3.63, 3.8) is 0 Å². The Morgan fingerprint density at radius 3 is 2.57 bits per heavy atom. The van der Waals surface area contributed by atoms with Crippen molar-refractivity contribution in [3.05, 3.63) is 68.8 Å². The van der Waals surface area contributed by atoms with E-state index in [2.05, 4.69) is 31.3 Å². The Labute approximate surface area is 181 Å². The molecule has 30 heavy (non-hydrogen) atoms. The van der Waals surface area contributed by atoms with Gasteiger partial charge in [-0.15, -0.1) is 11.3 Å². The van der Waals surface area contributed by atoms with E-state index in [0.717, 1.165) is 17.2 Å². The molecule has 154 valence electrons. The maximum absolute atomic E-state index is 13.7. The normalized spacial score (nSPS) is 11.8. The van der Waals surface area contributed by atoms with Crippen molar-refractivity contribution in [2.45, 2.75) is 20.0 Å². The number of aromatic nitrogens is 3. The number of aryl methyl sites for hydroxylation is 2. The zero-order valence-electron chi connectivity index (χ0n) is 15.7. The molecule has 0 bridgehead atoms. The summed E-state index contributed by atoms with van der Waals surface area (Å²) < 4.78 is 41.9. The molecule has 0 fully saturated rings. The summed E-state index contributed by atoms with van der Waals surface area (Å²) in [5.74, 6) is -0.638. The van der Waals surface area contributed by atoms with Gasteiger partial charge < -0.3 is 5.32 Å². The van der Waals surface area contributed by atoms with Gasteiger partial charge in [-0.05, 0) is 70.5 Å². The Kier molecular flexibility index (Phi) is 5.15. The van der Waals surface area contributed by atoms with E-state index in [9.17, 15) is 18.0 Å². The summed E-state index contributed by atoms with van der Waals surface area (Å²) in [6.07, 6.45) is -4.68. The molecule has 1 amide bonds. The fourth-order valence-electron chi connectivity index (χ4n) is 2.90. The molecule has 4 aromatic rings. The topological polar surface area (TPSA) is 59.3 Å². The van der Waals surface area contributed by atoms with Crippen molar-refractivity contribution in [1.29, 1.82) is 0 Å². The number of anilines is 1. The highest BCUT2D eigenvalue weighted by Gasteiger charge is 2.36. The van der Waals surface area contributed by atoms with E-state index >= 15 is 0 Å². The molecule has 4 rings (SSSR count). The Bertz CT molecular complexity index is 1270. The number of rotatable bonds is 3. The predicted molar refractivity (Wildman–Crippen MR) is 113 cm³/mol. The second-order valence-corrected chi connectivity index (χ2v) is 8.39. The largest absolute Gasteiger partial charge is 0.433 e. The standard InChI is InChI=1S/C20H14BrF3N4OS/c1-10-5-6-12(8-11(10)2)25-19(29)17-16(21)18-26-13(14-4-3-7-30-14)9-15(20(22,23)24)28(18)27-17/h3-9H,1-2H3,(H,25,29). The zero-order valence-corrected chi connectivity index (χ0v) is 18.1. The number of carbonyl (C=O) groups excluding carboxylic acids is 1. The van der Waals surface area contributed by atoms with Gasteiger partial charge in [0.2, 0.25) is 0 Å². The Morgan fingerprint density at radius 2 is 1.93 bits per heavy atom. The summed E-state index contributed by atoms with van der Waals surface area (Å²) in [4.78, 5) is 17.6. The van der Waals surface area contributed by atoms with Crippen LogP contribution < -0.4 is 5.32 Å². The Morgan fingerprint density at radius 1 is 1.17 bits per heavy atom. The van der Waals surface area contributed by atoms with Crippen molar-refractivity contribution in [2.24, 2.45) is 0 Å². The number of nitrogens with one attached hydrogen (secondary N) is 1. The summed E-state index contributed by atoms with van der Waals surface area (Å²) in [5, 5.41) is 8.34. The first-order chi connectivity index (χ1) is 14.1. The summed E-state index contributed by atoms with van der Waals surface area (Å²) in [7, 11) is 0. The molecule has 0 atom stereocenters. The molecule has 0 unspecified atom stereocenters. The van der Waals surface area contributed by atoms with Gasteiger partial charge in [-0.1, -0.05) is 12.1 Å². The zero-order chi connectivity index (χ0) is 21.6. The monoisotopic (exact) mass is 494 g/mol. The predicted octanol–water partition coefficient (Wildman–Crippen LogP) is 6.11. The summed E-state index contributed by atoms with van der Waals surface area (Å²) in [6, 6.07) is 9.70. The number of hydrogen-bond acceptors (Lipinski definition) is 4. The molecule has 5 nitrogen and oxygen atoms in total. The summed E-state index contributed by atoms with van der Waals surface area (Å²) >= 11 is 4.49. The van der Waals surface area contributed by atoms with Crippen LogP contribution in [0.3, 0.4) is 0 Å². The second kappa shape index (κ2) is 7.51. The third-order valence-corrected chi connectivity index (χ3v) is 6.20. The van der Waals surface area contributed by atoms with Crippen LogP contribution in [-0.4, -0.2) is 20.5 Å². The molecular formula is C20H14BrF3N4OS. The summed E-state index contributed by atoms with van der Waals surface area (Å²) in [5.41, 5.74) is 1.43. The molecule has 10 heteroatoms. The minimum absolute atomic E-state index is 0.0848. The molecular weight excluding hydrogens is 481 g/mol. The Balaban J connectivity index is 1.82. The highest BCUT2D eigenvalue weighted by atomic mass is 79.9. The van der Waals surface area contributed by atoms with Gasteiger partial charge in [0, 0.05) is 5.69 Å². The molecule has 3 aromatic heterocycles. The highest BCUT2D eigenvalue weighted by Crippen LogP contribution is 2.35. The molecule has 0 saturated carbocycles. The van der Waals surface area contributed by atoms with E-state index in [4.69, 9.17) is 0 Å².